The van der Waals surface area contributed by atoms with Crippen molar-refractivity contribution in [2.24, 2.45) is 5.10 Å². The molecule has 27 heavy (non-hydrogen) atoms. The molecule has 2 aromatic heterocycles. The van der Waals surface area contributed by atoms with Gasteiger partial charge in [-0.2, -0.15) is 5.10 Å². The van der Waals surface area contributed by atoms with Gasteiger partial charge in [0.15, 0.2) is 0 Å². The summed E-state index contributed by atoms with van der Waals surface area (Å²) < 4.78 is 6.56. The fraction of sp³-hybridized carbons (Fsp3) is 0.125. The Bertz CT molecular complexity index is 969. The summed E-state index contributed by atoms with van der Waals surface area (Å²) >= 11 is 7.14. The molecule has 1 aromatic carbocycles. The molecule has 0 saturated heterocycles. The molecule has 0 spiro atoms. The van der Waals surface area contributed by atoms with E-state index in [4.69, 9.17) is 21.9 Å². The number of carbonyl (C=O) groups is 1. The number of rotatable bonds is 7. The number of nitrogens with zero attached hydrogens (tertiary/aromatic N) is 4. The van der Waals surface area contributed by atoms with Crippen molar-refractivity contribution < 1.29 is 9.21 Å². The topological polar surface area (TPSA) is 123 Å². The highest BCUT2D eigenvalue weighted by atomic mass is 35.5. The van der Waals surface area contributed by atoms with Crippen LogP contribution in [0.25, 0.3) is 0 Å². The second kappa shape index (κ2) is 8.60. The number of hydrazone groups is 1. The number of benzene rings is 1. The van der Waals surface area contributed by atoms with E-state index in [1.807, 2.05) is 13.0 Å². The molecule has 4 N–H and O–H groups in total. The fourth-order valence-electron chi connectivity index (χ4n) is 2.01. The van der Waals surface area contributed by atoms with Crippen molar-refractivity contribution >= 4 is 47.1 Å². The minimum absolute atomic E-state index is 0.0928. The highest BCUT2D eigenvalue weighted by molar-refractivity contribution is 7.99. The minimum Gasteiger partial charge on any atom is -0.460 e. The van der Waals surface area contributed by atoms with E-state index in [9.17, 15) is 4.79 Å². The SMILES string of the molecule is Cc1ccc(/C=N/Nc2nnc(SCC(=O)Nc3ccccc3Cl)n2N)o1. The number of hydrogen-bond acceptors (Lipinski definition) is 8. The minimum atomic E-state index is -0.239. The van der Waals surface area contributed by atoms with Gasteiger partial charge in [-0.15, -0.1) is 10.2 Å². The van der Waals surface area contributed by atoms with Gasteiger partial charge in [0.2, 0.25) is 11.1 Å². The van der Waals surface area contributed by atoms with Crippen LogP contribution in [0.3, 0.4) is 0 Å². The number of amides is 1. The number of nitrogen functional groups attached to an aromatic ring is 1. The van der Waals surface area contributed by atoms with Crippen LogP contribution in [0.1, 0.15) is 11.5 Å². The van der Waals surface area contributed by atoms with Crippen LogP contribution in [0.5, 0.6) is 0 Å². The van der Waals surface area contributed by atoms with E-state index in [0.717, 1.165) is 17.5 Å². The van der Waals surface area contributed by atoms with Gasteiger partial charge in [-0.3, -0.25) is 4.79 Å². The fourth-order valence-corrected chi connectivity index (χ4v) is 2.85. The van der Waals surface area contributed by atoms with Gasteiger partial charge in [-0.05, 0) is 31.2 Å². The van der Waals surface area contributed by atoms with Crippen LogP contribution in [0.4, 0.5) is 11.6 Å². The number of thioether (sulfide) groups is 1. The van der Waals surface area contributed by atoms with Crippen molar-refractivity contribution in [2.45, 2.75) is 12.1 Å². The van der Waals surface area contributed by atoms with E-state index < -0.39 is 0 Å². The van der Waals surface area contributed by atoms with E-state index >= 15 is 0 Å². The summed E-state index contributed by atoms with van der Waals surface area (Å²) in [5.74, 6) is 7.36. The number of anilines is 2. The summed E-state index contributed by atoms with van der Waals surface area (Å²) in [4.78, 5) is 12.0. The number of nitrogens with two attached hydrogens (primary N) is 1. The third-order valence-electron chi connectivity index (χ3n) is 3.26. The first-order chi connectivity index (χ1) is 13.0. The maximum atomic E-state index is 12.0. The second-order valence-corrected chi connectivity index (χ2v) is 6.66. The van der Waals surface area contributed by atoms with Crippen LogP contribution >= 0.6 is 23.4 Å². The lowest BCUT2D eigenvalue weighted by Crippen LogP contribution is -2.17. The molecule has 2 heterocycles. The van der Waals surface area contributed by atoms with Crippen molar-refractivity contribution in [1.29, 1.82) is 0 Å². The summed E-state index contributed by atoms with van der Waals surface area (Å²) in [7, 11) is 0. The molecule has 0 unspecified atom stereocenters. The largest absolute Gasteiger partial charge is 0.460 e. The monoisotopic (exact) mass is 405 g/mol. The Morgan fingerprint density at radius 1 is 1.37 bits per heavy atom. The lowest BCUT2D eigenvalue weighted by atomic mass is 10.3. The van der Waals surface area contributed by atoms with E-state index in [-0.39, 0.29) is 17.6 Å². The van der Waals surface area contributed by atoms with Crippen LogP contribution in [0, 0.1) is 6.92 Å². The molecule has 11 heteroatoms. The zero-order valence-electron chi connectivity index (χ0n) is 14.2. The Labute approximate surface area is 163 Å². The summed E-state index contributed by atoms with van der Waals surface area (Å²) in [5.41, 5.74) is 3.21. The molecule has 1 amide bonds. The lowest BCUT2D eigenvalue weighted by Gasteiger charge is -2.06. The molecule has 3 aromatic rings. The number of carbonyl (C=O) groups excluding carboxylic acids is 1. The Balaban J connectivity index is 1.53. The smallest absolute Gasteiger partial charge is 0.264 e. The molecule has 0 aliphatic rings. The van der Waals surface area contributed by atoms with Crippen LogP contribution in [0.2, 0.25) is 5.02 Å². The third kappa shape index (κ3) is 5.02. The first-order valence-electron chi connectivity index (χ1n) is 7.76. The molecule has 3 rings (SSSR count). The quantitative estimate of drug-likeness (QED) is 0.239. The molecule has 0 bridgehead atoms. The van der Waals surface area contributed by atoms with Crippen molar-refractivity contribution in [3.05, 3.63) is 52.9 Å². The van der Waals surface area contributed by atoms with E-state index in [1.165, 1.54) is 10.9 Å². The number of aryl methyl sites for hydroxylation is 1. The van der Waals surface area contributed by atoms with Crippen LogP contribution in [-0.4, -0.2) is 32.7 Å². The van der Waals surface area contributed by atoms with Gasteiger partial charge in [-0.25, -0.2) is 10.1 Å². The molecular weight excluding hydrogens is 390 g/mol. The Kier molecular flexibility index (Phi) is 5.99. The average Bonchev–Trinajstić information content (AvgIpc) is 3.21. The van der Waals surface area contributed by atoms with Gasteiger partial charge in [0, 0.05) is 0 Å². The number of hydrogen-bond donors (Lipinski definition) is 3. The van der Waals surface area contributed by atoms with Crippen LogP contribution < -0.4 is 16.6 Å². The number of para-hydroxylation sites is 1. The van der Waals surface area contributed by atoms with Gasteiger partial charge in [0.05, 0.1) is 22.7 Å². The first-order valence-corrected chi connectivity index (χ1v) is 9.12. The second-order valence-electron chi connectivity index (χ2n) is 5.31. The predicted molar refractivity (Wildman–Crippen MR) is 106 cm³/mol. The van der Waals surface area contributed by atoms with Gasteiger partial charge in [-0.1, -0.05) is 35.5 Å². The van der Waals surface area contributed by atoms with Crippen molar-refractivity contribution in [3.8, 4) is 0 Å². The Morgan fingerprint density at radius 2 is 2.19 bits per heavy atom. The lowest BCUT2D eigenvalue weighted by molar-refractivity contribution is -0.113. The molecule has 9 nitrogen and oxygen atoms in total. The summed E-state index contributed by atoms with van der Waals surface area (Å²) in [6, 6.07) is 10.6. The molecule has 0 fully saturated rings. The first kappa shape index (κ1) is 18.8. The van der Waals surface area contributed by atoms with Crippen LogP contribution in [0.15, 0.2) is 51.1 Å². The van der Waals surface area contributed by atoms with E-state index in [2.05, 4.69) is 26.0 Å². The molecule has 0 aliphatic heterocycles. The molecule has 0 atom stereocenters. The van der Waals surface area contributed by atoms with Crippen molar-refractivity contribution in [1.82, 2.24) is 14.9 Å². The molecular formula is C16H16ClN7O2S. The average molecular weight is 406 g/mol. The van der Waals surface area contributed by atoms with Gasteiger partial charge in [0.25, 0.3) is 5.95 Å². The van der Waals surface area contributed by atoms with Crippen molar-refractivity contribution in [2.75, 3.05) is 22.3 Å². The van der Waals surface area contributed by atoms with Gasteiger partial charge >= 0.3 is 0 Å². The molecule has 0 aliphatic carbocycles. The van der Waals surface area contributed by atoms with Gasteiger partial charge in [0.1, 0.15) is 11.5 Å². The number of furan rings is 1. The molecule has 140 valence electrons. The van der Waals surface area contributed by atoms with E-state index in [0.29, 0.717) is 21.6 Å². The standard InChI is InChI=1S/C16H16ClN7O2S/c1-10-6-7-11(26-10)8-19-21-15-22-23-16(24(15)18)27-9-14(25)20-13-5-3-2-4-12(13)17/h2-8H,9,18H2,1H3,(H,20,25)(H,21,22)/b19-8+. The number of aromatic nitrogens is 3. The Morgan fingerprint density at radius 3 is 2.93 bits per heavy atom. The number of halogens is 1. The Hall–Kier alpha value is -2.98. The summed E-state index contributed by atoms with van der Waals surface area (Å²) in [5, 5.41) is 15.3. The molecule has 0 saturated carbocycles. The molecule has 0 radical (unpaired) electrons. The predicted octanol–water partition coefficient (Wildman–Crippen LogP) is 2.72. The van der Waals surface area contributed by atoms with Gasteiger partial charge < -0.3 is 15.6 Å². The van der Waals surface area contributed by atoms with Crippen molar-refractivity contribution in [3.63, 3.8) is 0 Å². The third-order valence-corrected chi connectivity index (χ3v) is 4.53. The zero-order chi connectivity index (χ0) is 19.2. The summed E-state index contributed by atoms with van der Waals surface area (Å²) in [6.45, 7) is 1.84. The maximum Gasteiger partial charge on any atom is 0.264 e. The number of nitrogens with one attached hydrogen (secondary N) is 2. The van der Waals surface area contributed by atoms with Crippen LogP contribution in [-0.2, 0) is 4.79 Å². The normalized spacial score (nSPS) is 11.0. The zero-order valence-corrected chi connectivity index (χ0v) is 15.8. The maximum absolute atomic E-state index is 12.0. The summed E-state index contributed by atoms with van der Waals surface area (Å²) in [6.07, 6.45) is 1.49. The van der Waals surface area contributed by atoms with E-state index in [1.54, 1.807) is 30.3 Å². The highest BCUT2D eigenvalue weighted by Gasteiger charge is 2.12. The highest BCUT2D eigenvalue weighted by Crippen LogP contribution is 2.22.